The summed E-state index contributed by atoms with van der Waals surface area (Å²) in [7, 11) is 0. The van der Waals surface area contributed by atoms with Crippen molar-refractivity contribution in [2.75, 3.05) is 13.1 Å². The average molecular weight is 372 g/mol. The van der Waals surface area contributed by atoms with Gasteiger partial charge in [-0.25, -0.2) is 0 Å². The standard InChI is InChI=1S/C21H26ClN3O/c1-13-11-24(12-14(2)23-13)21(15(3)26)25-19-7-5-4-6-17(19)18-10-16(22)8-9-20(18)25/h4-10,13-15,21,23,26H,11-12H2,1-3H3. The first-order chi connectivity index (χ1) is 12.5. The first kappa shape index (κ1) is 17.8. The Morgan fingerprint density at radius 3 is 2.38 bits per heavy atom. The second-order valence-corrected chi connectivity index (χ2v) is 8.06. The van der Waals surface area contributed by atoms with Gasteiger partial charge in [0.1, 0.15) is 6.17 Å². The Kier molecular flexibility index (Phi) is 4.70. The van der Waals surface area contributed by atoms with Gasteiger partial charge in [-0.3, -0.25) is 4.90 Å². The van der Waals surface area contributed by atoms with Crippen molar-refractivity contribution >= 4 is 33.4 Å². The average Bonchev–Trinajstić information content (AvgIpc) is 2.88. The number of fused-ring (bicyclic) bond motifs is 3. The zero-order chi connectivity index (χ0) is 18.4. The zero-order valence-electron chi connectivity index (χ0n) is 15.5. The van der Waals surface area contributed by atoms with Crippen molar-refractivity contribution in [3.05, 3.63) is 47.5 Å². The monoisotopic (exact) mass is 371 g/mol. The van der Waals surface area contributed by atoms with E-state index in [1.165, 1.54) is 5.39 Å². The topological polar surface area (TPSA) is 40.4 Å². The molecule has 2 heterocycles. The van der Waals surface area contributed by atoms with E-state index in [1.54, 1.807) is 0 Å². The SMILES string of the molecule is CC1CN(C(C(C)O)n2c3ccccc3c3cc(Cl)ccc32)CC(C)N1. The van der Waals surface area contributed by atoms with Gasteiger partial charge < -0.3 is 15.0 Å². The third kappa shape index (κ3) is 3.01. The van der Waals surface area contributed by atoms with Gasteiger partial charge in [-0.1, -0.05) is 29.8 Å². The fraction of sp³-hybridized carbons (Fsp3) is 0.429. The highest BCUT2D eigenvalue weighted by molar-refractivity contribution is 6.31. The Hall–Kier alpha value is -1.59. The number of halogens is 1. The molecule has 2 N–H and O–H groups in total. The molecule has 138 valence electrons. The molecule has 2 aromatic carbocycles. The number of hydrogen-bond acceptors (Lipinski definition) is 3. The number of rotatable bonds is 3. The molecule has 1 saturated heterocycles. The molecule has 1 aliphatic rings. The van der Waals surface area contributed by atoms with Crippen LogP contribution in [-0.2, 0) is 0 Å². The van der Waals surface area contributed by atoms with Crippen molar-refractivity contribution in [1.82, 2.24) is 14.8 Å². The Balaban J connectivity index is 1.94. The van der Waals surface area contributed by atoms with Gasteiger partial charge in [0.25, 0.3) is 0 Å². The van der Waals surface area contributed by atoms with Gasteiger partial charge in [-0.2, -0.15) is 0 Å². The predicted molar refractivity (Wildman–Crippen MR) is 109 cm³/mol. The molecular weight excluding hydrogens is 346 g/mol. The summed E-state index contributed by atoms with van der Waals surface area (Å²) in [5.74, 6) is 0. The molecule has 0 radical (unpaired) electrons. The van der Waals surface area contributed by atoms with E-state index < -0.39 is 6.10 Å². The first-order valence-electron chi connectivity index (χ1n) is 9.32. The van der Waals surface area contributed by atoms with Crippen LogP contribution in [0.25, 0.3) is 21.8 Å². The van der Waals surface area contributed by atoms with Crippen molar-refractivity contribution < 1.29 is 5.11 Å². The minimum absolute atomic E-state index is 0.120. The number of para-hydroxylation sites is 1. The van der Waals surface area contributed by atoms with Crippen molar-refractivity contribution in [3.8, 4) is 0 Å². The lowest BCUT2D eigenvalue weighted by molar-refractivity contribution is -0.000394. The quantitative estimate of drug-likeness (QED) is 0.730. The van der Waals surface area contributed by atoms with Crippen molar-refractivity contribution in [3.63, 3.8) is 0 Å². The van der Waals surface area contributed by atoms with Crippen molar-refractivity contribution in [2.45, 2.75) is 45.1 Å². The lowest BCUT2D eigenvalue weighted by atomic mass is 10.1. The number of aliphatic hydroxyl groups excluding tert-OH is 1. The van der Waals surface area contributed by atoms with Crippen LogP contribution in [-0.4, -0.2) is 45.9 Å². The van der Waals surface area contributed by atoms with E-state index in [1.807, 2.05) is 19.1 Å². The summed E-state index contributed by atoms with van der Waals surface area (Å²) in [5, 5.41) is 17.4. The summed E-state index contributed by atoms with van der Waals surface area (Å²) in [6.45, 7) is 8.10. The maximum absolute atomic E-state index is 10.8. The molecule has 0 saturated carbocycles. The maximum Gasteiger partial charge on any atom is 0.113 e. The second kappa shape index (κ2) is 6.86. The van der Waals surface area contributed by atoms with Gasteiger partial charge in [0.2, 0.25) is 0 Å². The molecule has 26 heavy (non-hydrogen) atoms. The van der Waals surface area contributed by atoms with Gasteiger partial charge in [0.15, 0.2) is 0 Å². The minimum Gasteiger partial charge on any atom is -0.390 e. The summed E-state index contributed by atoms with van der Waals surface area (Å²) in [6, 6.07) is 15.2. The van der Waals surface area contributed by atoms with Gasteiger partial charge >= 0.3 is 0 Å². The minimum atomic E-state index is -0.498. The van der Waals surface area contributed by atoms with Crippen LogP contribution < -0.4 is 5.32 Å². The summed E-state index contributed by atoms with van der Waals surface area (Å²) in [4.78, 5) is 2.40. The van der Waals surface area contributed by atoms with E-state index in [-0.39, 0.29) is 6.17 Å². The van der Waals surface area contributed by atoms with Gasteiger partial charge in [0.05, 0.1) is 17.1 Å². The van der Waals surface area contributed by atoms with E-state index in [9.17, 15) is 5.11 Å². The smallest absolute Gasteiger partial charge is 0.113 e. The number of aliphatic hydroxyl groups is 1. The first-order valence-corrected chi connectivity index (χ1v) is 9.70. The molecule has 1 fully saturated rings. The van der Waals surface area contributed by atoms with Crippen LogP contribution in [0.4, 0.5) is 0 Å². The van der Waals surface area contributed by atoms with E-state index in [4.69, 9.17) is 11.6 Å². The Bertz CT molecular complexity index is 926. The molecule has 1 aliphatic heterocycles. The number of piperazine rings is 1. The van der Waals surface area contributed by atoms with Crippen LogP contribution >= 0.6 is 11.6 Å². The van der Waals surface area contributed by atoms with E-state index >= 15 is 0 Å². The lowest BCUT2D eigenvalue weighted by Gasteiger charge is -2.43. The normalized spacial score (nSPS) is 24.2. The van der Waals surface area contributed by atoms with Gasteiger partial charge in [0, 0.05) is 41.0 Å². The van der Waals surface area contributed by atoms with Crippen molar-refractivity contribution in [1.29, 1.82) is 0 Å². The fourth-order valence-corrected chi connectivity index (χ4v) is 4.70. The molecule has 0 spiro atoms. The summed E-state index contributed by atoms with van der Waals surface area (Å²) < 4.78 is 2.29. The molecule has 0 aliphatic carbocycles. The molecule has 1 aromatic heterocycles. The molecule has 0 amide bonds. The number of nitrogens with one attached hydrogen (secondary N) is 1. The zero-order valence-corrected chi connectivity index (χ0v) is 16.2. The Morgan fingerprint density at radius 1 is 1.04 bits per heavy atom. The van der Waals surface area contributed by atoms with Crippen molar-refractivity contribution in [2.24, 2.45) is 0 Å². The maximum atomic E-state index is 10.8. The molecular formula is C21H26ClN3O. The summed E-state index contributed by atoms with van der Waals surface area (Å²) in [5.41, 5.74) is 2.25. The van der Waals surface area contributed by atoms with E-state index in [0.717, 1.165) is 34.5 Å². The fourth-order valence-electron chi connectivity index (χ4n) is 4.53. The van der Waals surface area contributed by atoms with Gasteiger partial charge in [-0.05, 0) is 45.0 Å². The molecule has 4 nitrogen and oxygen atoms in total. The third-order valence-electron chi connectivity index (χ3n) is 5.33. The number of hydrogen-bond donors (Lipinski definition) is 2. The molecule has 0 bridgehead atoms. The number of benzene rings is 2. The van der Waals surface area contributed by atoms with Crippen LogP contribution in [0.3, 0.4) is 0 Å². The summed E-state index contributed by atoms with van der Waals surface area (Å²) in [6.07, 6.45) is -0.618. The van der Waals surface area contributed by atoms with Crippen LogP contribution in [0.2, 0.25) is 5.02 Å². The largest absolute Gasteiger partial charge is 0.390 e. The molecule has 5 heteroatoms. The predicted octanol–water partition coefficient (Wildman–Crippen LogP) is 4.01. The van der Waals surface area contributed by atoms with Crippen LogP contribution in [0, 0.1) is 0 Å². The number of nitrogens with zero attached hydrogens (tertiary/aromatic N) is 2. The lowest BCUT2D eigenvalue weighted by Crippen LogP contribution is -2.57. The van der Waals surface area contributed by atoms with Crippen LogP contribution in [0.15, 0.2) is 42.5 Å². The van der Waals surface area contributed by atoms with Gasteiger partial charge in [-0.15, -0.1) is 0 Å². The highest BCUT2D eigenvalue weighted by Crippen LogP contribution is 2.36. The Morgan fingerprint density at radius 2 is 1.69 bits per heavy atom. The Labute approximate surface area is 159 Å². The molecule has 4 atom stereocenters. The molecule has 3 aromatic rings. The molecule has 4 rings (SSSR count). The van der Waals surface area contributed by atoms with E-state index in [2.05, 4.69) is 59.0 Å². The third-order valence-corrected chi connectivity index (χ3v) is 5.56. The summed E-state index contributed by atoms with van der Waals surface area (Å²) >= 11 is 6.28. The highest BCUT2D eigenvalue weighted by Gasteiger charge is 2.32. The van der Waals surface area contributed by atoms with E-state index in [0.29, 0.717) is 12.1 Å². The van der Waals surface area contributed by atoms with Crippen LogP contribution in [0.5, 0.6) is 0 Å². The highest BCUT2D eigenvalue weighted by atomic mass is 35.5. The number of aromatic nitrogens is 1. The van der Waals surface area contributed by atoms with Crippen LogP contribution in [0.1, 0.15) is 26.9 Å². The molecule has 4 unspecified atom stereocenters. The second-order valence-electron chi connectivity index (χ2n) is 7.63.